The molecule has 1 aromatic heterocycles. The normalized spacial score (nSPS) is 39.9. The van der Waals surface area contributed by atoms with Crippen LogP contribution in [-0.4, -0.2) is 16.1 Å². The Morgan fingerprint density at radius 2 is 1.79 bits per heavy atom. The molecule has 0 unspecified atom stereocenters. The number of hydrogen-bond donors (Lipinski definition) is 1. The maximum Gasteiger partial charge on any atom is 0.0949 e. The molecule has 2 N–H and O–H groups in total. The van der Waals surface area contributed by atoms with Gasteiger partial charge in [-0.2, -0.15) is 0 Å². The maximum atomic E-state index is 5.59. The van der Waals surface area contributed by atoms with E-state index in [-0.39, 0.29) is 0 Å². The lowest BCUT2D eigenvalue weighted by atomic mass is 9.51. The van der Waals surface area contributed by atoms with Gasteiger partial charge in [0.1, 0.15) is 0 Å². The van der Waals surface area contributed by atoms with Crippen molar-refractivity contribution in [3.63, 3.8) is 0 Å². The van der Waals surface area contributed by atoms with E-state index in [9.17, 15) is 0 Å². The van der Waals surface area contributed by atoms with Crippen molar-refractivity contribution >= 4 is 0 Å². The van der Waals surface area contributed by atoms with Crippen LogP contribution in [0.25, 0.3) is 0 Å². The average molecular weight is 259 g/mol. The fraction of sp³-hybridized carbons (Fsp3) is 0.812. The van der Waals surface area contributed by atoms with Crippen molar-refractivity contribution in [3.8, 4) is 0 Å². The second-order valence-corrected chi connectivity index (χ2v) is 7.14. The first-order valence-electron chi connectivity index (χ1n) is 8.05. The Bertz CT molecular complexity index is 423. The van der Waals surface area contributed by atoms with Crippen LogP contribution in [0.3, 0.4) is 0 Å². The van der Waals surface area contributed by atoms with Crippen molar-refractivity contribution in [1.29, 1.82) is 0 Å². The summed E-state index contributed by atoms with van der Waals surface area (Å²) in [5.74, 6) is 4.76. The Morgan fingerprint density at radius 3 is 2.42 bits per heavy atom. The summed E-state index contributed by atoms with van der Waals surface area (Å²) in [5.41, 5.74) is 6.97. The molecule has 5 rings (SSSR count). The zero-order valence-electron chi connectivity index (χ0n) is 11.7. The van der Waals surface area contributed by atoms with Gasteiger partial charge in [0.15, 0.2) is 0 Å². The van der Waals surface area contributed by atoms with E-state index in [0.717, 1.165) is 49.1 Å². The molecule has 0 saturated heterocycles. The van der Waals surface area contributed by atoms with Gasteiger partial charge in [0.25, 0.3) is 0 Å². The first-order valence-corrected chi connectivity index (χ1v) is 8.05. The summed E-state index contributed by atoms with van der Waals surface area (Å²) in [5, 5.41) is 0. The standard InChI is InChI=1S/C16H25N3/c17-2-1-3-19-9-15(18-10-19)16-13-5-11-4-12(7-13)8-14(16)6-11/h9-14,16H,1-8,17H2. The van der Waals surface area contributed by atoms with Gasteiger partial charge in [-0.25, -0.2) is 4.98 Å². The Balaban J connectivity index is 1.54. The Morgan fingerprint density at radius 1 is 1.11 bits per heavy atom. The van der Waals surface area contributed by atoms with Crippen LogP contribution >= 0.6 is 0 Å². The van der Waals surface area contributed by atoms with E-state index in [1.165, 1.54) is 37.8 Å². The molecule has 104 valence electrons. The first kappa shape index (κ1) is 12.0. The third-order valence-corrected chi connectivity index (χ3v) is 5.84. The fourth-order valence-corrected chi connectivity index (χ4v) is 5.35. The highest BCUT2D eigenvalue weighted by Crippen LogP contribution is 2.59. The van der Waals surface area contributed by atoms with Gasteiger partial charge < -0.3 is 10.3 Å². The van der Waals surface area contributed by atoms with Crippen molar-refractivity contribution in [2.75, 3.05) is 6.54 Å². The van der Waals surface area contributed by atoms with E-state index < -0.39 is 0 Å². The highest BCUT2D eigenvalue weighted by Gasteiger charge is 2.49. The zero-order valence-corrected chi connectivity index (χ0v) is 11.7. The van der Waals surface area contributed by atoms with Crippen LogP contribution in [0.1, 0.15) is 50.1 Å². The summed E-state index contributed by atoms with van der Waals surface area (Å²) < 4.78 is 2.24. The Labute approximate surface area is 115 Å². The number of nitrogens with two attached hydrogens (primary N) is 1. The van der Waals surface area contributed by atoms with Gasteiger partial charge in [-0.15, -0.1) is 0 Å². The van der Waals surface area contributed by atoms with Gasteiger partial charge in [-0.05, 0) is 68.7 Å². The van der Waals surface area contributed by atoms with Gasteiger partial charge in [0.2, 0.25) is 0 Å². The summed E-state index contributed by atoms with van der Waals surface area (Å²) in [6.07, 6.45) is 12.8. The Hall–Kier alpha value is -0.830. The van der Waals surface area contributed by atoms with Crippen LogP contribution in [0.2, 0.25) is 0 Å². The second-order valence-electron chi connectivity index (χ2n) is 7.14. The molecule has 3 heteroatoms. The molecule has 0 aromatic carbocycles. The van der Waals surface area contributed by atoms with Crippen LogP contribution in [-0.2, 0) is 6.54 Å². The van der Waals surface area contributed by atoms with Crippen molar-refractivity contribution in [3.05, 3.63) is 18.2 Å². The van der Waals surface area contributed by atoms with E-state index in [0.29, 0.717) is 0 Å². The third kappa shape index (κ3) is 2.03. The number of aromatic nitrogens is 2. The van der Waals surface area contributed by atoms with Gasteiger partial charge >= 0.3 is 0 Å². The summed E-state index contributed by atoms with van der Waals surface area (Å²) in [6, 6.07) is 0. The highest BCUT2D eigenvalue weighted by molar-refractivity contribution is 5.15. The van der Waals surface area contributed by atoms with Gasteiger partial charge in [0, 0.05) is 18.7 Å². The SMILES string of the molecule is NCCCn1cnc(C2C3CC4CC(C3)CC2C4)c1. The molecule has 4 bridgehead atoms. The Kier molecular flexibility index (Phi) is 2.91. The van der Waals surface area contributed by atoms with Crippen LogP contribution in [0.15, 0.2) is 12.5 Å². The lowest BCUT2D eigenvalue weighted by Gasteiger charge is -2.54. The van der Waals surface area contributed by atoms with Crippen LogP contribution in [0.4, 0.5) is 0 Å². The minimum Gasteiger partial charge on any atom is -0.337 e. The van der Waals surface area contributed by atoms with Crippen molar-refractivity contribution in [1.82, 2.24) is 9.55 Å². The fourth-order valence-electron chi connectivity index (χ4n) is 5.35. The minimum atomic E-state index is 0.769. The van der Waals surface area contributed by atoms with Crippen LogP contribution in [0.5, 0.6) is 0 Å². The predicted octanol–water partition coefficient (Wildman–Crippen LogP) is 2.77. The minimum absolute atomic E-state index is 0.769. The molecule has 4 fully saturated rings. The molecule has 1 heterocycles. The molecule has 1 aromatic rings. The third-order valence-electron chi connectivity index (χ3n) is 5.84. The number of rotatable bonds is 4. The van der Waals surface area contributed by atoms with Gasteiger partial charge in [-0.1, -0.05) is 0 Å². The van der Waals surface area contributed by atoms with Crippen molar-refractivity contribution in [2.24, 2.45) is 29.4 Å². The summed E-state index contributed by atoms with van der Waals surface area (Å²) in [4.78, 5) is 4.74. The molecule has 0 atom stereocenters. The molecule has 4 aliphatic carbocycles. The molecule has 4 saturated carbocycles. The van der Waals surface area contributed by atoms with Crippen molar-refractivity contribution < 1.29 is 0 Å². The smallest absolute Gasteiger partial charge is 0.0949 e. The van der Waals surface area contributed by atoms with E-state index in [1.54, 1.807) is 0 Å². The van der Waals surface area contributed by atoms with Gasteiger partial charge in [0.05, 0.1) is 12.0 Å². The highest BCUT2D eigenvalue weighted by atomic mass is 15.0. The number of nitrogens with zero attached hydrogens (tertiary/aromatic N) is 2. The van der Waals surface area contributed by atoms with E-state index in [4.69, 9.17) is 10.7 Å². The summed E-state index contributed by atoms with van der Waals surface area (Å²) in [7, 11) is 0. The molecule has 0 aliphatic heterocycles. The molecule has 0 spiro atoms. The number of imidazole rings is 1. The zero-order chi connectivity index (χ0) is 12.8. The number of aryl methyl sites for hydroxylation is 1. The van der Waals surface area contributed by atoms with E-state index in [1.807, 2.05) is 6.33 Å². The van der Waals surface area contributed by atoms with E-state index in [2.05, 4.69) is 10.8 Å². The van der Waals surface area contributed by atoms with Crippen LogP contribution < -0.4 is 5.73 Å². The number of hydrogen-bond acceptors (Lipinski definition) is 2. The van der Waals surface area contributed by atoms with Crippen LogP contribution in [0, 0.1) is 23.7 Å². The summed E-state index contributed by atoms with van der Waals surface area (Å²) >= 11 is 0. The molecule has 0 amide bonds. The predicted molar refractivity (Wildman–Crippen MR) is 75.7 cm³/mol. The van der Waals surface area contributed by atoms with Gasteiger partial charge in [-0.3, -0.25) is 0 Å². The largest absolute Gasteiger partial charge is 0.337 e. The molecule has 4 aliphatic rings. The first-order chi connectivity index (χ1) is 9.33. The lowest BCUT2D eigenvalue weighted by molar-refractivity contribution is -0.00406. The quantitative estimate of drug-likeness (QED) is 0.903. The van der Waals surface area contributed by atoms with E-state index >= 15 is 0 Å². The summed E-state index contributed by atoms with van der Waals surface area (Å²) in [6.45, 7) is 1.79. The second kappa shape index (κ2) is 4.62. The monoisotopic (exact) mass is 259 g/mol. The lowest BCUT2D eigenvalue weighted by Crippen LogP contribution is -2.43. The molecule has 0 radical (unpaired) electrons. The molecule has 3 nitrogen and oxygen atoms in total. The average Bonchev–Trinajstić information content (AvgIpc) is 2.83. The maximum absolute atomic E-state index is 5.59. The molecule has 19 heavy (non-hydrogen) atoms. The molecular formula is C16H25N3. The molecular weight excluding hydrogens is 234 g/mol. The van der Waals surface area contributed by atoms with Crippen molar-refractivity contribution in [2.45, 2.75) is 51.0 Å². The topological polar surface area (TPSA) is 43.8 Å².